The Bertz CT molecular complexity index is 376. The van der Waals surface area contributed by atoms with Gasteiger partial charge in [0.25, 0.3) is 0 Å². The van der Waals surface area contributed by atoms with E-state index in [0.29, 0.717) is 6.42 Å². The van der Waals surface area contributed by atoms with E-state index in [9.17, 15) is 9.90 Å². The van der Waals surface area contributed by atoms with Crippen molar-refractivity contribution in [1.29, 1.82) is 0 Å². The molecule has 4 nitrogen and oxygen atoms in total. The highest BCUT2D eigenvalue weighted by molar-refractivity contribution is 5.84. The van der Waals surface area contributed by atoms with Crippen LogP contribution < -0.4 is 11.1 Å². The van der Waals surface area contributed by atoms with E-state index in [0.717, 1.165) is 17.7 Å². The van der Waals surface area contributed by atoms with Gasteiger partial charge in [0, 0.05) is 11.8 Å². The first-order valence-corrected chi connectivity index (χ1v) is 4.54. The number of aromatic hydroxyl groups is 1. The van der Waals surface area contributed by atoms with Crippen LogP contribution in [0.4, 0.5) is 5.69 Å². The summed E-state index contributed by atoms with van der Waals surface area (Å²) in [5.41, 5.74) is 7.12. The highest BCUT2D eigenvalue weighted by Gasteiger charge is 2.21. The molecule has 74 valence electrons. The van der Waals surface area contributed by atoms with Crippen molar-refractivity contribution in [3.05, 3.63) is 23.8 Å². The molecule has 1 aliphatic heterocycles. The molecule has 1 aromatic rings. The van der Waals surface area contributed by atoms with E-state index in [4.69, 9.17) is 5.73 Å². The number of nitrogens with two attached hydrogens (primary N) is 1. The molecule has 4 heteroatoms. The summed E-state index contributed by atoms with van der Waals surface area (Å²) in [6, 6.07) is 4.80. The Morgan fingerprint density at radius 2 is 2.36 bits per heavy atom. The number of carbonyl (C=O) groups excluding carboxylic acids is 1. The first-order chi connectivity index (χ1) is 6.66. The maximum atomic E-state index is 10.9. The van der Waals surface area contributed by atoms with Crippen LogP contribution in [0.3, 0.4) is 0 Å². The quantitative estimate of drug-likeness (QED) is 0.610. The van der Waals surface area contributed by atoms with Crippen molar-refractivity contribution in [1.82, 2.24) is 0 Å². The lowest BCUT2D eigenvalue weighted by Gasteiger charge is -2.24. The maximum Gasteiger partial charge on any atom is 0.239 e. The predicted octanol–water partition coefficient (Wildman–Crippen LogP) is 0.604. The van der Waals surface area contributed by atoms with Crippen LogP contribution in [-0.2, 0) is 11.2 Å². The van der Waals surface area contributed by atoms with Gasteiger partial charge in [-0.15, -0.1) is 0 Å². The van der Waals surface area contributed by atoms with Gasteiger partial charge in [-0.2, -0.15) is 0 Å². The third kappa shape index (κ3) is 1.51. The number of hydrogen-bond donors (Lipinski definition) is 3. The van der Waals surface area contributed by atoms with Crippen molar-refractivity contribution < 1.29 is 9.90 Å². The molecular weight excluding hydrogens is 180 g/mol. The number of fused-ring (bicyclic) bond motifs is 1. The average molecular weight is 192 g/mol. The lowest BCUT2D eigenvalue weighted by molar-refractivity contribution is -0.118. The molecule has 4 N–H and O–H groups in total. The lowest BCUT2D eigenvalue weighted by atomic mass is 9.98. The molecule has 1 heterocycles. The van der Waals surface area contributed by atoms with Gasteiger partial charge in [-0.1, -0.05) is 6.07 Å². The number of nitrogens with one attached hydrogen (secondary N) is 1. The number of phenols is 1. The lowest BCUT2D eigenvalue weighted by Crippen LogP contribution is -2.38. The summed E-state index contributed by atoms with van der Waals surface area (Å²) in [5.74, 6) is -0.152. The van der Waals surface area contributed by atoms with Crippen molar-refractivity contribution in [2.24, 2.45) is 5.73 Å². The first-order valence-electron chi connectivity index (χ1n) is 4.54. The molecule has 0 saturated carbocycles. The van der Waals surface area contributed by atoms with E-state index in [2.05, 4.69) is 5.32 Å². The Labute approximate surface area is 81.7 Å². The van der Waals surface area contributed by atoms with E-state index in [1.54, 1.807) is 12.1 Å². The Hall–Kier alpha value is -1.71. The molecule has 0 radical (unpaired) electrons. The van der Waals surface area contributed by atoms with Gasteiger partial charge in [0.1, 0.15) is 11.8 Å². The molecular formula is C10H12N2O2. The minimum Gasteiger partial charge on any atom is -0.508 e. The second kappa shape index (κ2) is 3.21. The molecule has 1 aliphatic rings. The first kappa shape index (κ1) is 8.87. The molecule has 0 bridgehead atoms. The normalized spacial score (nSPS) is 19.6. The van der Waals surface area contributed by atoms with Crippen molar-refractivity contribution in [2.75, 3.05) is 5.32 Å². The van der Waals surface area contributed by atoms with Gasteiger partial charge < -0.3 is 16.2 Å². The van der Waals surface area contributed by atoms with E-state index in [1.165, 1.54) is 0 Å². The van der Waals surface area contributed by atoms with Crippen molar-refractivity contribution in [3.63, 3.8) is 0 Å². The van der Waals surface area contributed by atoms with Crippen molar-refractivity contribution in [3.8, 4) is 5.75 Å². The average Bonchev–Trinajstić information content (AvgIpc) is 2.16. The molecule has 0 aromatic heterocycles. The predicted molar refractivity (Wildman–Crippen MR) is 53.0 cm³/mol. The molecule has 0 saturated heterocycles. The Morgan fingerprint density at radius 1 is 1.57 bits per heavy atom. The second-order valence-corrected chi connectivity index (χ2v) is 3.48. The summed E-state index contributed by atoms with van der Waals surface area (Å²) in [6.45, 7) is 0. The molecule has 1 unspecified atom stereocenters. The van der Waals surface area contributed by atoms with Crippen LogP contribution in [0.1, 0.15) is 12.0 Å². The monoisotopic (exact) mass is 192 g/mol. The summed E-state index contributed by atoms with van der Waals surface area (Å²) >= 11 is 0. The number of phenolic OH excluding ortho intramolecular Hbond substituents is 1. The fourth-order valence-corrected chi connectivity index (χ4v) is 1.69. The highest BCUT2D eigenvalue weighted by Crippen LogP contribution is 2.27. The van der Waals surface area contributed by atoms with Crippen LogP contribution in [0.15, 0.2) is 18.2 Å². The summed E-state index contributed by atoms with van der Waals surface area (Å²) in [6.07, 6.45) is 1.53. The highest BCUT2D eigenvalue weighted by atomic mass is 16.3. The van der Waals surface area contributed by atoms with Crippen LogP contribution in [0, 0.1) is 0 Å². The summed E-state index contributed by atoms with van der Waals surface area (Å²) < 4.78 is 0. The van der Waals surface area contributed by atoms with Crippen LogP contribution in [0.2, 0.25) is 0 Å². The summed E-state index contributed by atoms with van der Waals surface area (Å²) in [4.78, 5) is 10.9. The Morgan fingerprint density at radius 3 is 3.07 bits per heavy atom. The van der Waals surface area contributed by atoms with Crippen molar-refractivity contribution in [2.45, 2.75) is 18.9 Å². The number of amides is 1. The van der Waals surface area contributed by atoms with Gasteiger partial charge >= 0.3 is 0 Å². The van der Waals surface area contributed by atoms with Gasteiger partial charge in [0.2, 0.25) is 5.91 Å². The van der Waals surface area contributed by atoms with Crippen LogP contribution in [-0.4, -0.2) is 17.1 Å². The molecule has 2 rings (SSSR count). The molecule has 0 spiro atoms. The number of aryl methyl sites for hydroxylation is 1. The smallest absolute Gasteiger partial charge is 0.239 e. The molecule has 1 aromatic carbocycles. The van der Waals surface area contributed by atoms with E-state index in [1.807, 2.05) is 6.07 Å². The number of benzene rings is 1. The molecule has 1 atom stereocenters. The number of primary amides is 1. The molecule has 14 heavy (non-hydrogen) atoms. The molecule has 0 aliphatic carbocycles. The standard InChI is InChI=1S/C10H12N2O2/c11-10(14)8-4-2-6-1-3-7(13)5-9(6)12-8/h1,3,5,8,12-13H,2,4H2,(H2,11,14). The van der Waals surface area contributed by atoms with E-state index < -0.39 is 0 Å². The van der Waals surface area contributed by atoms with Crippen LogP contribution in [0.25, 0.3) is 0 Å². The SMILES string of the molecule is NC(=O)C1CCc2ccc(O)cc2N1. The summed E-state index contributed by atoms with van der Waals surface area (Å²) in [7, 11) is 0. The van der Waals surface area contributed by atoms with E-state index in [-0.39, 0.29) is 17.7 Å². The summed E-state index contributed by atoms with van der Waals surface area (Å²) in [5, 5.41) is 12.3. The van der Waals surface area contributed by atoms with Gasteiger partial charge in [-0.05, 0) is 24.5 Å². The minimum absolute atomic E-state index is 0.196. The Kier molecular flexibility index (Phi) is 2.04. The van der Waals surface area contributed by atoms with E-state index >= 15 is 0 Å². The van der Waals surface area contributed by atoms with Gasteiger partial charge in [-0.25, -0.2) is 0 Å². The van der Waals surface area contributed by atoms with Crippen LogP contribution >= 0.6 is 0 Å². The third-order valence-electron chi connectivity index (χ3n) is 2.47. The van der Waals surface area contributed by atoms with Gasteiger partial charge in [0.05, 0.1) is 0 Å². The topological polar surface area (TPSA) is 75.4 Å². The minimum atomic E-state index is -0.348. The maximum absolute atomic E-state index is 10.9. The van der Waals surface area contributed by atoms with Gasteiger partial charge in [0.15, 0.2) is 0 Å². The largest absolute Gasteiger partial charge is 0.508 e. The Balaban J connectivity index is 2.29. The number of rotatable bonds is 1. The zero-order valence-electron chi connectivity index (χ0n) is 7.66. The molecule has 1 amide bonds. The fourth-order valence-electron chi connectivity index (χ4n) is 1.69. The zero-order valence-corrected chi connectivity index (χ0v) is 7.66. The molecule has 0 fully saturated rings. The zero-order chi connectivity index (χ0) is 10.1. The number of carbonyl (C=O) groups is 1. The number of hydrogen-bond acceptors (Lipinski definition) is 3. The van der Waals surface area contributed by atoms with Gasteiger partial charge in [-0.3, -0.25) is 4.79 Å². The third-order valence-corrected chi connectivity index (χ3v) is 2.47. The fraction of sp³-hybridized carbons (Fsp3) is 0.300. The second-order valence-electron chi connectivity index (χ2n) is 3.48. The van der Waals surface area contributed by atoms with Crippen molar-refractivity contribution >= 4 is 11.6 Å². The van der Waals surface area contributed by atoms with Crippen LogP contribution in [0.5, 0.6) is 5.75 Å². The number of anilines is 1.